The molecule has 2 aromatic carbocycles. The van der Waals surface area contributed by atoms with E-state index in [9.17, 15) is 9.59 Å². The van der Waals surface area contributed by atoms with Crippen LogP contribution in [0.4, 0.5) is 0 Å². The van der Waals surface area contributed by atoms with Gasteiger partial charge in [-0.3, -0.25) is 9.59 Å². The summed E-state index contributed by atoms with van der Waals surface area (Å²) in [6.07, 6.45) is -1.05. The molecule has 0 heterocycles. The van der Waals surface area contributed by atoms with Crippen molar-refractivity contribution >= 4 is 11.9 Å². The van der Waals surface area contributed by atoms with Gasteiger partial charge in [0, 0.05) is 19.4 Å². The van der Waals surface area contributed by atoms with E-state index in [-0.39, 0.29) is 0 Å². The molecular formula is C17H16O5. The third-order valence-electron chi connectivity index (χ3n) is 2.68. The van der Waals surface area contributed by atoms with Gasteiger partial charge in [0.15, 0.2) is 0 Å². The summed E-state index contributed by atoms with van der Waals surface area (Å²) in [6.45, 7) is 2.51. The zero-order valence-electron chi connectivity index (χ0n) is 12.3. The average Bonchev–Trinajstić information content (AvgIpc) is 2.47. The van der Waals surface area contributed by atoms with Crippen molar-refractivity contribution in [2.75, 3.05) is 0 Å². The van der Waals surface area contributed by atoms with Crippen LogP contribution in [-0.2, 0) is 19.1 Å². The molecule has 0 N–H and O–H groups in total. The third kappa shape index (κ3) is 4.63. The zero-order valence-corrected chi connectivity index (χ0v) is 12.3. The fourth-order valence-corrected chi connectivity index (χ4v) is 1.78. The molecule has 2 aromatic rings. The molecule has 0 unspecified atom stereocenters. The fraction of sp³-hybridized carbons (Fsp3) is 0.176. The third-order valence-corrected chi connectivity index (χ3v) is 2.68. The molecule has 0 aliphatic carbocycles. The van der Waals surface area contributed by atoms with E-state index >= 15 is 0 Å². The average molecular weight is 300 g/mol. The maximum Gasteiger partial charge on any atom is 0.305 e. The lowest BCUT2D eigenvalue weighted by Crippen LogP contribution is -2.14. The number of benzene rings is 2. The van der Waals surface area contributed by atoms with E-state index in [1.807, 2.05) is 30.3 Å². The minimum absolute atomic E-state index is 0.532. The van der Waals surface area contributed by atoms with Gasteiger partial charge in [-0.15, -0.1) is 0 Å². The van der Waals surface area contributed by atoms with Gasteiger partial charge in [-0.05, 0) is 36.4 Å². The van der Waals surface area contributed by atoms with Crippen molar-refractivity contribution in [3.05, 3.63) is 60.2 Å². The highest BCUT2D eigenvalue weighted by atomic mass is 16.7. The minimum Gasteiger partial charge on any atom is -0.457 e. The van der Waals surface area contributed by atoms with Crippen LogP contribution in [-0.4, -0.2) is 11.9 Å². The number of rotatable bonds is 5. The molecule has 0 radical (unpaired) electrons. The van der Waals surface area contributed by atoms with Crippen LogP contribution in [0.1, 0.15) is 25.7 Å². The molecular weight excluding hydrogens is 284 g/mol. The van der Waals surface area contributed by atoms with Gasteiger partial charge in [0.2, 0.25) is 0 Å². The summed E-state index contributed by atoms with van der Waals surface area (Å²) in [5, 5.41) is 0. The molecule has 22 heavy (non-hydrogen) atoms. The second kappa shape index (κ2) is 7.26. The Morgan fingerprint density at radius 1 is 0.773 bits per heavy atom. The minimum atomic E-state index is -1.05. The SMILES string of the molecule is CC(=O)OC(OC(C)=O)c1ccc(Oc2ccccc2)cc1. The lowest BCUT2D eigenvalue weighted by molar-refractivity contribution is -0.186. The number of para-hydroxylation sites is 1. The summed E-state index contributed by atoms with van der Waals surface area (Å²) in [7, 11) is 0. The quantitative estimate of drug-likeness (QED) is 0.623. The molecule has 0 saturated heterocycles. The largest absolute Gasteiger partial charge is 0.457 e. The van der Waals surface area contributed by atoms with Gasteiger partial charge >= 0.3 is 11.9 Å². The van der Waals surface area contributed by atoms with Gasteiger partial charge in [-0.1, -0.05) is 18.2 Å². The van der Waals surface area contributed by atoms with Crippen LogP contribution in [0.2, 0.25) is 0 Å². The van der Waals surface area contributed by atoms with Crippen molar-refractivity contribution in [3.63, 3.8) is 0 Å². The topological polar surface area (TPSA) is 61.8 Å². The first-order valence-corrected chi connectivity index (χ1v) is 6.72. The first-order valence-electron chi connectivity index (χ1n) is 6.72. The zero-order chi connectivity index (χ0) is 15.9. The molecule has 0 bridgehead atoms. The van der Waals surface area contributed by atoms with E-state index in [0.717, 1.165) is 0 Å². The van der Waals surface area contributed by atoms with Gasteiger partial charge in [-0.2, -0.15) is 0 Å². The van der Waals surface area contributed by atoms with Crippen LogP contribution in [0.25, 0.3) is 0 Å². The summed E-state index contributed by atoms with van der Waals surface area (Å²) >= 11 is 0. The van der Waals surface area contributed by atoms with Gasteiger partial charge in [0.1, 0.15) is 11.5 Å². The predicted octanol–water partition coefficient (Wildman–Crippen LogP) is 3.60. The Morgan fingerprint density at radius 2 is 1.27 bits per heavy atom. The summed E-state index contributed by atoms with van der Waals surface area (Å²) in [5.74, 6) is 0.276. The molecule has 0 fully saturated rings. The molecule has 0 amide bonds. The van der Waals surface area contributed by atoms with Crippen LogP contribution in [0.5, 0.6) is 11.5 Å². The van der Waals surface area contributed by atoms with Gasteiger partial charge in [0.05, 0.1) is 0 Å². The van der Waals surface area contributed by atoms with E-state index in [4.69, 9.17) is 14.2 Å². The molecule has 0 atom stereocenters. The summed E-state index contributed by atoms with van der Waals surface area (Å²) < 4.78 is 15.6. The van der Waals surface area contributed by atoms with Crippen molar-refractivity contribution in [3.8, 4) is 11.5 Å². The van der Waals surface area contributed by atoms with Crippen molar-refractivity contribution in [2.24, 2.45) is 0 Å². The van der Waals surface area contributed by atoms with E-state index in [1.165, 1.54) is 13.8 Å². The summed E-state index contributed by atoms with van der Waals surface area (Å²) in [6, 6.07) is 16.1. The highest BCUT2D eigenvalue weighted by Gasteiger charge is 2.17. The van der Waals surface area contributed by atoms with Crippen molar-refractivity contribution in [1.29, 1.82) is 0 Å². The lowest BCUT2D eigenvalue weighted by atomic mass is 10.2. The van der Waals surface area contributed by atoms with Crippen LogP contribution < -0.4 is 4.74 Å². The smallest absolute Gasteiger partial charge is 0.305 e. The fourth-order valence-electron chi connectivity index (χ4n) is 1.78. The molecule has 0 spiro atoms. The standard InChI is InChI=1S/C17H16O5/c1-12(18)20-17(21-13(2)19)14-8-10-16(11-9-14)22-15-6-4-3-5-7-15/h3-11,17H,1-2H3. The second-order valence-corrected chi connectivity index (χ2v) is 4.53. The number of ether oxygens (including phenoxy) is 3. The summed E-state index contributed by atoms with van der Waals surface area (Å²) in [5.41, 5.74) is 0.547. The van der Waals surface area contributed by atoms with Crippen molar-refractivity contribution in [1.82, 2.24) is 0 Å². The Bertz CT molecular complexity index is 618. The Kier molecular flexibility index (Phi) is 5.14. The number of hydrogen-bond donors (Lipinski definition) is 0. The van der Waals surface area contributed by atoms with E-state index in [0.29, 0.717) is 17.1 Å². The molecule has 0 aliphatic heterocycles. The van der Waals surface area contributed by atoms with Gasteiger partial charge in [-0.25, -0.2) is 0 Å². The Hall–Kier alpha value is -2.82. The highest BCUT2D eigenvalue weighted by molar-refractivity contribution is 5.68. The summed E-state index contributed by atoms with van der Waals surface area (Å²) in [4.78, 5) is 22.2. The molecule has 0 aromatic heterocycles. The van der Waals surface area contributed by atoms with Crippen LogP contribution >= 0.6 is 0 Å². The molecule has 5 nitrogen and oxygen atoms in total. The molecule has 5 heteroatoms. The van der Waals surface area contributed by atoms with E-state index in [1.54, 1.807) is 24.3 Å². The maximum absolute atomic E-state index is 11.1. The number of carbonyl (C=O) groups excluding carboxylic acids is 2. The van der Waals surface area contributed by atoms with Crippen LogP contribution in [0.3, 0.4) is 0 Å². The maximum atomic E-state index is 11.1. The molecule has 114 valence electrons. The first kappa shape index (κ1) is 15.6. The Labute approximate surface area is 128 Å². The van der Waals surface area contributed by atoms with Gasteiger partial charge in [0.25, 0.3) is 6.29 Å². The van der Waals surface area contributed by atoms with Crippen molar-refractivity contribution < 1.29 is 23.8 Å². The monoisotopic (exact) mass is 300 g/mol. The Morgan fingerprint density at radius 3 is 1.77 bits per heavy atom. The normalized spacial score (nSPS) is 10.1. The number of hydrogen-bond acceptors (Lipinski definition) is 5. The second-order valence-electron chi connectivity index (χ2n) is 4.53. The lowest BCUT2D eigenvalue weighted by Gasteiger charge is -2.17. The molecule has 0 aliphatic rings. The first-order chi connectivity index (χ1) is 10.5. The number of carbonyl (C=O) groups is 2. The van der Waals surface area contributed by atoms with Crippen LogP contribution in [0.15, 0.2) is 54.6 Å². The van der Waals surface area contributed by atoms with E-state index in [2.05, 4.69) is 0 Å². The van der Waals surface area contributed by atoms with Crippen LogP contribution in [0, 0.1) is 0 Å². The van der Waals surface area contributed by atoms with Crippen molar-refractivity contribution in [2.45, 2.75) is 20.1 Å². The highest BCUT2D eigenvalue weighted by Crippen LogP contribution is 2.25. The molecule has 2 rings (SSSR count). The predicted molar refractivity (Wildman–Crippen MR) is 79.2 cm³/mol. The van der Waals surface area contributed by atoms with Gasteiger partial charge < -0.3 is 14.2 Å². The van der Waals surface area contributed by atoms with E-state index < -0.39 is 18.2 Å². The number of esters is 2. The Balaban J connectivity index is 2.11. The molecule has 0 saturated carbocycles.